The Morgan fingerprint density at radius 1 is 1.10 bits per heavy atom. The molecule has 1 amide bonds. The quantitative estimate of drug-likeness (QED) is 0.199. The van der Waals surface area contributed by atoms with E-state index in [0.717, 1.165) is 18.8 Å². The lowest BCUT2D eigenvalue weighted by Gasteiger charge is -2.33. The second-order valence-electron chi connectivity index (χ2n) is 7.27. The molecule has 1 aliphatic rings. The lowest BCUT2D eigenvalue weighted by Crippen LogP contribution is -2.46. The molecule has 1 aliphatic heterocycles. The standard InChI is InChI=1S/C22H30ClN5O2.HI/c1-24-22(26-12-11-25-21(29)17-7-9-18(23)10-8-17)27-16-19(20-6-5-15-30-20)28-13-3-2-4-14-28;/h5-10,15,19H,2-4,11-14,16H2,1H3,(H,25,29)(H2,24,26,27);1H. The molecule has 9 heteroatoms. The lowest BCUT2D eigenvalue weighted by atomic mass is 10.1. The van der Waals surface area contributed by atoms with E-state index in [1.54, 1.807) is 37.6 Å². The number of rotatable bonds is 8. The molecule has 0 spiro atoms. The third-order valence-electron chi connectivity index (χ3n) is 5.20. The molecule has 1 fully saturated rings. The second kappa shape index (κ2) is 13.6. The van der Waals surface area contributed by atoms with E-state index in [4.69, 9.17) is 16.0 Å². The fourth-order valence-electron chi connectivity index (χ4n) is 3.59. The number of hydrogen-bond acceptors (Lipinski definition) is 4. The molecule has 2 aromatic rings. The van der Waals surface area contributed by atoms with Gasteiger partial charge >= 0.3 is 0 Å². The number of carbonyl (C=O) groups is 1. The average molecular weight is 560 g/mol. The van der Waals surface area contributed by atoms with Gasteiger partial charge in [-0.05, 0) is 62.3 Å². The molecule has 31 heavy (non-hydrogen) atoms. The van der Waals surface area contributed by atoms with E-state index in [9.17, 15) is 4.79 Å². The number of nitrogens with zero attached hydrogens (tertiary/aromatic N) is 2. The molecule has 1 aromatic carbocycles. The smallest absolute Gasteiger partial charge is 0.251 e. The second-order valence-corrected chi connectivity index (χ2v) is 7.71. The van der Waals surface area contributed by atoms with Crippen LogP contribution >= 0.6 is 35.6 Å². The number of nitrogens with one attached hydrogen (secondary N) is 3. The molecular weight excluding hydrogens is 529 g/mol. The Morgan fingerprint density at radius 3 is 2.45 bits per heavy atom. The maximum Gasteiger partial charge on any atom is 0.251 e. The van der Waals surface area contributed by atoms with Gasteiger partial charge in [0.15, 0.2) is 5.96 Å². The SMILES string of the molecule is CN=C(NCCNC(=O)c1ccc(Cl)cc1)NCC(c1ccco1)N1CCCCC1.I. The number of likely N-dealkylation sites (tertiary alicyclic amines) is 1. The van der Waals surface area contributed by atoms with Gasteiger partial charge < -0.3 is 20.4 Å². The first-order valence-electron chi connectivity index (χ1n) is 10.4. The van der Waals surface area contributed by atoms with Crippen LogP contribution in [0.5, 0.6) is 0 Å². The highest BCUT2D eigenvalue weighted by Gasteiger charge is 2.24. The Bertz CT molecular complexity index is 808. The minimum absolute atomic E-state index is 0. The van der Waals surface area contributed by atoms with Crippen molar-refractivity contribution in [3.63, 3.8) is 0 Å². The Balaban J connectivity index is 0.00000341. The van der Waals surface area contributed by atoms with Gasteiger partial charge in [-0.15, -0.1) is 24.0 Å². The van der Waals surface area contributed by atoms with Crippen LogP contribution in [0.3, 0.4) is 0 Å². The monoisotopic (exact) mass is 559 g/mol. The van der Waals surface area contributed by atoms with E-state index >= 15 is 0 Å². The number of halogens is 2. The molecule has 1 aromatic heterocycles. The molecule has 0 radical (unpaired) electrons. The molecule has 3 rings (SSSR count). The largest absolute Gasteiger partial charge is 0.468 e. The first-order chi connectivity index (χ1) is 14.7. The number of benzene rings is 1. The zero-order valence-electron chi connectivity index (χ0n) is 17.8. The summed E-state index contributed by atoms with van der Waals surface area (Å²) >= 11 is 5.86. The predicted molar refractivity (Wildman–Crippen MR) is 135 cm³/mol. The van der Waals surface area contributed by atoms with Crippen molar-refractivity contribution in [1.82, 2.24) is 20.9 Å². The Hall–Kier alpha value is -1.78. The van der Waals surface area contributed by atoms with Crippen molar-refractivity contribution < 1.29 is 9.21 Å². The topological polar surface area (TPSA) is 81.9 Å². The van der Waals surface area contributed by atoms with E-state index in [1.165, 1.54) is 19.3 Å². The van der Waals surface area contributed by atoms with Crippen molar-refractivity contribution in [3.8, 4) is 0 Å². The first-order valence-corrected chi connectivity index (χ1v) is 10.8. The van der Waals surface area contributed by atoms with Gasteiger partial charge in [-0.1, -0.05) is 18.0 Å². The van der Waals surface area contributed by atoms with Crippen LogP contribution in [-0.2, 0) is 0 Å². The van der Waals surface area contributed by atoms with Crippen LogP contribution in [0.4, 0.5) is 0 Å². The highest BCUT2D eigenvalue weighted by atomic mass is 127. The first kappa shape index (κ1) is 25.5. The van der Waals surface area contributed by atoms with Crippen LogP contribution in [0, 0.1) is 0 Å². The zero-order valence-corrected chi connectivity index (χ0v) is 20.9. The fourth-order valence-corrected chi connectivity index (χ4v) is 3.72. The minimum Gasteiger partial charge on any atom is -0.468 e. The van der Waals surface area contributed by atoms with Gasteiger partial charge in [0.1, 0.15) is 5.76 Å². The third kappa shape index (κ3) is 8.01. The van der Waals surface area contributed by atoms with Crippen molar-refractivity contribution in [1.29, 1.82) is 0 Å². The number of carbonyl (C=O) groups excluding carboxylic acids is 1. The van der Waals surface area contributed by atoms with Crippen molar-refractivity contribution in [3.05, 3.63) is 59.0 Å². The number of furan rings is 1. The van der Waals surface area contributed by atoms with E-state index in [-0.39, 0.29) is 35.9 Å². The van der Waals surface area contributed by atoms with Gasteiger partial charge in [0.2, 0.25) is 0 Å². The molecule has 0 aliphatic carbocycles. The van der Waals surface area contributed by atoms with Gasteiger partial charge in [-0.2, -0.15) is 0 Å². The van der Waals surface area contributed by atoms with E-state index in [2.05, 4.69) is 25.8 Å². The summed E-state index contributed by atoms with van der Waals surface area (Å²) in [6, 6.07) is 11.0. The minimum atomic E-state index is -0.126. The summed E-state index contributed by atoms with van der Waals surface area (Å²) in [7, 11) is 1.74. The van der Waals surface area contributed by atoms with Crippen molar-refractivity contribution in [2.24, 2.45) is 4.99 Å². The van der Waals surface area contributed by atoms with Crippen molar-refractivity contribution in [2.45, 2.75) is 25.3 Å². The molecule has 170 valence electrons. The zero-order chi connectivity index (χ0) is 21.2. The Labute approximate surface area is 206 Å². The Kier molecular flexibility index (Phi) is 11.2. The summed E-state index contributed by atoms with van der Waals surface area (Å²) in [5.41, 5.74) is 0.588. The van der Waals surface area contributed by atoms with Crippen LogP contribution in [0.1, 0.15) is 41.4 Å². The van der Waals surface area contributed by atoms with Crippen LogP contribution in [0.25, 0.3) is 0 Å². The van der Waals surface area contributed by atoms with Gasteiger partial charge in [-0.3, -0.25) is 14.7 Å². The van der Waals surface area contributed by atoms with Gasteiger partial charge in [-0.25, -0.2) is 0 Å². The molecule has 7 nitrogen and oxygen atoms in total. The summed E-state index contributed by atoms with van der Waals surface area (Å²) in [4.78, 5) is 18.9. The van der Waals surface area contributed by atoms with E-state index in [1.807, 2.05) is 12.1 Å². The number of hydrogen-bond donors (Lipinski definition) is 3. The maximum atomic E-state index is 12.1. The molecule has 0 saturated carbocycles. The van der Waals surface area contributed by atoms with Crippen LogP contribution in [-0.4, -0.2) is 56.5 Å². The summed E-state index contributed by atoms with van der Waals surface area (Å²) in [6.07, 6.45) is 5.46. The molecule has 3 N–H and O–H groups in total. The maximum absolute atomic E-state index is 12.1. The highest BCUT2D eigenvalue weighted by molar-refractivity contribution is 14.0. The molecule has 2 heterocycles. The number of guanidine groups is 1. The fraction of sp³-hybridized carbons (Fsp3) is 0.455. The summed E-state index contributed by atoms with van der Waals surface area (Å²) in [5.74, 6) is 1.54. The van der Waals surface area contributed by atoms with Crippen molar-refractivity contribution >= 4 is 47.4 Å². The summed E-state index contributed by atoms with van der Waals surface area (Å²) in [6.45, 7) is 3.90. The highest BCUT2D eigenvalue weighted by Crippen LogP contribution is 2.24. The molecule has 1 saturated heterocycles. The van der Waals surface area contributed by atoms with E-state index < -0.39 is 0 Å². The number of piperidine rings is 1. The van der Waals surface area contributed by atoms with Crippen molar-refractivity contribution in [2.75, 3.05) is 39.8 Å². The molecule has 1 unspecified atom stereocenters. The average Bonchev–Trinajstić information content (AvgIpc) is 3.31. The normalized spacial score (nSPS) is 15.6. The van der Waals surface area contributed by atoms with Gasteiger partial charge in [0.05, 0.1) is 12.3 Å². The van der Waals surface area contributed by atoms with Gasteiger partial charge in [0, 0.05) is 37.3 Å². The lowest BCUT2D eigenvalue weighted by molar-refractivity contribution is 0.0954. The summed E-state index contributed by atoms with van der Waals surface area (Å²) < 4.78 is 5.69. The van der Waals surface area contributed by atoms with Crippen LogP contribution in [0.15, 0.2) is 52.1 Å². The molecule has 1 atom stereocenters. The molecular formula is C22H31ClIN5O2. The number of amides is 1. The molecule has 0 bridgehead atoms. The third-order valence-corrected chi connectivity index (χ3v) is 5.45. The van der Waals surface area contributed by atoms with Gasteiger partial charge in [0.25, 0.3) is 5.91 Å². The number of aliphatic imine (C=N–C) groups is 1. The van der Waals surface area contributed by atoms with Crippen LogP contribution in [0.2, 0.25) is 5.02 Å². The van der Waals surface area contributed by atoms with Crippen LogP contribution < -0.4 is 16.0 Å². The van der Waals surface area contributed by atoms with E-state index in [0.29, 0.717) is 36.2 Å². The Morgan fingerprint density at radius 2 is 1.81 bits per heavy atom. The summed E-state index contributed by atoms with van der Waals surface area (Å²) in [5, 5.41) is 10.1. The predicted octanol–water partition coefficient (Wildman–Crippen LogP) is 3.67.